The van der Waals surface area contributed by atoms with Gasteiger partial charge in [-0.05, 0) is 29.8 Å². The Bertz CT molecular complexity index is 838. The Kier molecular flexibility index (Phi) is 5.01. The summed E-state index contributed by atoms with van der Waals surface area (Å²) in [6.45, 7) is -0.0854. The summed E-state index contributed by atoms with van der Waals surface area (Å²) in [5.41, 5.74) is 1.23. The Morgan fingerprint density at radius 1 is 1.12 bits per heavy atom. The minimum Gasteiger partial charge on any atom is -0.508 e. The molecule has 1 aliphatic heterocycles. The topological polar surface area (TPSA) is 85.2 Å². The highest BCUT2D eigenvalue weighted by molar-refractivity contribution is 5.84. The summed E-state index contributed by atoms with van der Waals surface area (Å²) < 4.78 is 15.6. The molecule has 0 saturated heterocycles. The monoisotopic (exact) mass is 340 g/mol. The van der Waals surface area contributed by atoms with E-state index in [0.717, 1.165) is 5.56 Å². The van der Waals surface area contributed by atoms with Crippen molar-refractivity contribution < 1.29 is 29.2 Å². The molecule has 6 nitrogen and oxygen atoms in total. The lowest BCUT2D eigenvalue weighted by Gasteiger charge is -2.02. The van der Waals surface area contributed by atoms with Crippen LogP contribution in [0.4, 0.5) is 0 Å². The number of esters is 1. The van der Waals surface area contributed by atoms with E-state index in [-0.39, 0.29) is 19.1 Å². The smallest absolute Gasteiger partial charge is 0.336 e. The van der Waals surface area contributed by atoms with Crippen LogP contribution in [0.5, 0.6) is 23.0 Å². The van der Waals surface area contributed by atoms with Gasteiger partial charge in [-0.2, -0.15) is 0 Å². The maximum atomic E-state index is 11.8. The van der Waals surface area contributed by atoms with Crippen molar-refractivity contribution in [3.63, 3.8) is 0 Å². The second kappa shape index (κ2) is 7.55. The summed E-state index contributed by atoms with van der Waals surface area (Å²) in [6.07, 6.45) is 6.23. The Hall–Kier alpha value is -3.25. The zero-order valence-electron chi connectivity index (χ0n) is 13.2. The number of fused-ring (bicyclic) bond motifs is 1. The molecule has 0 spiro atoms. The lowest BCUT2D eigenvalue weighted by atomic mass is 10.1. The quantitative estimate of drug-likeness (QED) is 0.377. The number of benzene rings is 2. The number of aliphatic hydroxyl groups excluding tert-OH is 1. The summed E-state index contributed by atoms with van der Waals surface area (Å²) in [5.74, 6) is 1.05. The van der Waals surface area contributed by atoms with Crippen molar-refractivity contribution in [2.75, 3.05) is 6.79 Å². The van der Waals surface area contributed by atoms with E-state index in [0.29, 0.717) is 22.8 Å². The lowest BCUT2D eigenvalue weighted by Crippen LogP contribution is -2.03. The van der Waals surface area contributed by atoms with E-state index in [4.69, 9.17) is 19.3 Å². The minimum atomic E-state index is -0.523. The molecule has 0 fully saturated rings. The summed E-state index contributed by atoms with van der Waals surface area (Å²) in [6, 6.07) is 9.76. The van der Waals surface area contributed by atoms with Crippen LogP contribution >= 0.6 is 0 Å². The molecular weight excluding hydrogens is 324 g/mol. The molecule has 3 rings (SSSR count). The lowest BCUT2D eigenvalue weighted by molar-refractivity contribution is -0.128. The highest BCUT2D eigenvalue weighted by Crippen LogP contribution is 2.35. The summed E-state index contributed by atoms with van der Waals surface area (Å²) >= 11 is 0. The first-order valence-electron chi connectivity index (χ1n) is 7.54. The van der Waals surface area contributed by atoms with Crippen LogP contribution in [0.25, 0.3) is 6.08 Å². The van der Waals surface area contributed by atoms with Crippen LogP contribution in [0, 0.1) is 0 Å². The molecule has 0 saturated carbocycles. The van der Waals surface area contributed by atoms with E-state index >= 15 is 0 Å². The van der Waals surface area contributed by atoms with Crippen molar-refractivity contribution in [1.82, 2.24) is 0 Å². The summed E-state index contributed by atoms with van der Waals surface area (Å²) in [4.78, 5) is 11.8. The maximum absolute atomic E-state index is 11.8. The molecule has 0 amide bonds. The van der Waals surface area contributed by atoms with E-state index in [1.54, 1.807) is 48.6 Å². The minimum absolute atomic E-state index is 0.0440. The third kappa shape index (κ3) is 4.19. The molecule has 2 aromatic carbocycles. The van der Waals surface area contributed by atoms with Crippen LogP contribution < -0.4 is 14.2 Å². The first-order chi connectivity index (χ1) is 12.2. The zero-order chi connectivity index (χ0) is 17.6. The van der Waals surface area contributed by atoms with Gasteiger partial charge in [-0.25, -0.2) is 4.79 Å². The van der Waals surface area contributed by atoms with Gasteiger partial charge in [-0.1, -0.05) is 24.3 Å². The predicted molar refractivity (Wildman–Crippen MR) is 90.4 cm³/mol. The highest BCUT2D eigenvalue weighted by atomic mass is 16.7. The number of carbonyl (C=O) groups excluding carboxylic acids is 1. The molecule has 2 N–H and O–H groups in total. The second-order valence-electron chi connectivity index (χ2n) is 5.20. The number of aromatic hydroxyl groups is 1. The van der Waals surface area contributed by atoms with E-state index < -0.39 is 5.97 Å². The van der Waals surface area contributed by atoms with Crippen molar-refractivity contribution in [3.05, 3.63) is 65.8 Å². The SMILES string of the molecule is O=C(/C=C/C=C/c1ccc(O)c(CO)c1)Oc1ccc2c(c1)OCO2. The molecule has 128 valence electrons. The number of hydrogen-bond acceptors (Lipinski definition) is 6. The van der Waals surface area contributed by atoms with Crippen LogP contribution in [0.1, 0.15) is 11.1 Å². The van der Waals surface area contributed by atoms with Crippen LogP contribution in [0.15, 0.2) is 54.6 Å². The van der Waals surface area contributed by atoms with Gasteiger partial charge in [0.25, 0.3) is 0 Å². The van der Waals surface area contributed by atoms with Gasteiger partial charge in [-0.3, -0.25) is 0 Å². The van der Waals surface area contributed by atoms with Gasteiger partial charge in [0.05, 0.1) is 6.61 Å². The third-order valence-corrected chi connectivity index (χ3v) is 3.47. The van der Waals surface area contributed by atoms with Crippen LogP contribution in [0.3, 0.4) is 0 Å². The molecule has 0 bridgehead atoms. The van der Waals surface area contributed by atoms with Gasteiger partial charge >= 0.3 is 5.97 Å². The fourth-order valence-electron chi connectivity index (χ4n) is 2.23. The van der Waals surface area contributed by atoms with Crippen LogP contribution in [0.2, 0.25) is 0 Å². The molecule has 0 unspecified atom stereocenters. The van der Waals surface area contributed by atoms with Crippen molar-refractivity contribution >= 4 is 12.0 Å². The number of carbonyl (C=O) groups is 1. The molecule has 2 aromatic rings. The van der Waals surface area contributed by atoms with Crippen LogP contribution in [-0.2, 0) is 11.4 Å². The van der Waals surface area contributed by atoms with Gasteiger partial charge in [0, 0.05) is 17.7 Å². The average molecular weight is 340 g/mol. The summed E-state index contributed by atoms with van der Waals surface area (Å²) in [5, 5.41) is 18.6. The first-order valence-corrected chi connectivity index (χ1v) is 7.54. The third-order valence-electron chi connectivity index (χ3n) is 3.47. The van der Waals surface area contributed by atoms with Crippen molar-refractivity contribution in [3.8, 4) is 23.0 Å². The van der Waals surface area contributed by atoms with Gasteiger partial charge < -0.3 is 24.4 Å². The molecular formula is C19H16O6. The molecule has 1 aliphatic rings. The molecule has 0 atom stereocenters. The van der Waals surface area contributed by atoms with E-state index in [1.165, 1.54) is 12.1 Å². The zero-order valence-corrected chi connectivity index (χ0v) is 13.2. The standard InChI is InChI=1S/C19H16O6/c20-11-14-9-13(5-7-16(14)21)3-1-2-4-19(22)25-15-6-8-17-18(10-15)24-12-23-17/h1-10,20-21H,11-12H2/b3-1+,4-2+. The van der Waals surface area contributed by atoms with Crippen molar-refractivity contribution in [2.24, 2.45) is 0 Å². The molecule has 25 heavy (non-hydrogen) atoms. The molecule has 6 heteroatoms. The van der Waals surface area contributed by atoms with Gasteiger partial charge in [0.2, 0.25) is 6.79 Å². The van der Waals surface area contributed by atoms with Gasteiger partial charge in [0.1, 0.15) is 11.5 Å². The molecule has 0 aromatic heterocycles. The number of ether oxygens (including phenoxy) is 3. The molecule has 0 aliphatic carbocycles. The maximum Gasteiger partial charge on any atom is 0.336 e. The number of hydrogen-bond donors (Lipinski definition) is 2. The Balaban J connectivity index is 1.57. The first kappa shape index (κ1) is 16.6. The average Bonchev–Trinajstić information content (AvgIpc) is 3.07. The number of rotatable bonds is 5. The number of phenols is 1. The fourth-order valence-corrected chi connectivity index (χ4v) is 2.23. The highest BCUT2D eigenvalue weighted by Gasteiger charge is 2.14. The van der Waals surface area contributed by atoms with Crippen molar-refractivity contribution in [1.29, 1.82) is 0 Å². The fraction of sp³-hybridized carbons (Fsp3) is 0.105. The van der Waals surface area contributed by atoms with Crippen molar-refractivity contribution in [2.45, 2.75) is 6.61 Å². The van der Waals surface area contributed by atoms with E-state index in [2.05, 4.69) is 0 Å². The Morgan fingerprint density at radius 3 is 2.80 bits per heavy atom. The largest absolute Gasteiger partial charge is 0.508 e. The van der Waals surface area contributed by atoms with Gasteiger partial charge in [0.15, 0.2) is 11.5 Å². The normalized spacial score (nSPS) is 12.8. The second-order valence-corrected chi connectivity index (χ2v) is 5.20. The molecule has 1 heterocycles. The Morgan fingerprint density at radius 2 is 1.96 bits per heavy atom. The number of allylic oxidation sites excluding steroid dienone is 2. The van der Waals surface area contributed by atoms with E-state index in [1.807, 2.05) is 0 Å². The molecule has 0 radical (unpaired) electrons. The van der Waals surface area contributed by atoms with E-state index in [9.17, 15) is 9.90 Å². The number of aliphatic hydroxyl groups is 1. The summed E-state index contributed by atoms with van der Waals surface area (Å²) in [7, 11) is 0. The Labute approximate surface area is 144 Å². The van der Waals surface area contributed by atoms with Crippen LogP contribution in [-0.4, -0.2) is 23.0 Å². The predicted octanol–water partition coefficient (Wildman–Crippen LogP) is 2.79. The van der Waals surface area contributed by atoms with Gasteiger partial charge in [-0.15, -0.1) is 0 Å².